The number of nitrogen functional groups attached to an aromatic ring is 1. The predicted octanol–water partition coefficient (Wildman–Crippen LogP) is -1.41. The summed E-state index contributed by atoms with van der Waals surface area (Å²) in [5, 5.41) is 27.8. The number of benzene rings is 4. The van der Waals surface area contributed by atoms with E-state index in [1.54, 1.807) is 56.3 Å². The van der Waals surface area contributed by atoms with Crippen molar-refractivity contribution in [3.63, 3.8) is 0 Å². The molecule has 1 aromatic heterocycles. The van der Waals surface area contributed by atoms with Crippen LogP contribution < -0.4 is 75.2 Å². The fourth-order valence-electron chi connectivity index (χ4n) is 5.13. The average molecular weight is 766 g/mol. The molecule has 20 heteroatoms. The summed E-state index contributed by atoms with van der Waals surface area (Å²) in [5.74, 6) is -0.580. The van der Waals surface area contributed by atoms with Crippen molar-refractivity contribution in [3.8, 4) is 10.6 Å². The van der Waals surface area contributed by atoms with E-state index in [9.17, 15) is 35.8 Å². The Morgan fingerprint density at radius 1 is 0.961 bits per heavy atom. The molecule has 0 saturated carbocycles. The van der Waals surface area contributed by atoms with Crippen LogP contribution in [0.4, 0.5) is 22.7 Å². The number of carbonyl (C=O) groups excluding carboxylic acids is 1. The average Bonchev–Trinajstić information content (AvgIpc) is 3.59. The van der Waals surface area contributed by atoms with E-state index >= 15 is 0 Å². The van der Waals surface area contributed by atoms with Crippen LogP contribution in [0.2, 0.25) is 0 Å². The third-order valence-electron chi connectivity index (χ3n) is 7.49. The largest absolute Gasteiger partial charge is 1.00 e. The van der Waals surface area contributed by atoms with Crippen molar-refractivity contribution in [2.45, 2.75) is 35.9 Å². The number of aliphatic hydroxyl groups is 1. The first-order valence-electron chi connectivity index (χ1n) is 14.3. The van der Waals surface area contributed by atoms with Gasteiger partial charge in [0.25, 0.3) is 5.91 Å². The van der Waals surface area contributed by atoms with E-state index in [4.69, 9.17) is 5.73 Å². The van der Waals surface area contributed by atoms with Crippen molar-refractivity contribution in [3.05, 3.63) is 90.0 Å². The summed E-state index contributed by atoms with van der Waals surface area (Å²) in [4.78, 5) is 16.1. The number of hydrogen-bond acceptors (Lipinski definition) is 15. The normalized spacial score (nSPS) is 16.1. The molecule has 1 amide bonds. The number of aliphatic hydroxyl groups excluding tert-OH is 1. The molecule has 15 nitrogen and oxygen atoms in total. The van der Waals surface area contributed by atoms with E-state index in [1.165, 1.54) is 35.3 Å². The van der Waals surface area contributed by atoms with Crippen molar-refractivity contribution >= 4 is 76.2 Å². The summed E-state index contributed by atoms with van der Waals surface area (Å²) in [6, 6.07) is 18.5. The summed E-state index contributed by atoms with van der Waals surface area (Å²) in [6.07, 6.45) is -1.35. The first kappa shape index (κ1) is 40.7. The number of nitrogens with one attached hydrogen (secondary N) is 1. The Balaban J connectivity index is 0.00000292. The predicted molar refractivity (Wildman–Crippen MR) is 181 cm³/mol. The Bertz CT molecular complexity index is 2420. The van der Waals surface area contributed by atoms with Crippen molar-refractivity contribution < 1.29 is 95.0 Å². The fraction of sp³-hybridized carbons (Fsp3) is 0.129. The van der Waals surface area contributed by atoms with E-state index in [-0.39, 0.29) is 85.6 Å². The van der Waals surface area contributed by atoms with Gasteiger partial charge in [-0.25, -0.2) is 26.8 Å². The van der Waals surface area contributed by atoms with E-state index in [0.717, 1.165) is 17.4 Å². The second-order valence-electron chi connectivity index (χ2n) is 11.0. The summed E-state index contributed by atoms with van der Waals surface area (Å²) in [7, 11) is -9.79. The first-order chi connectivity index (χ1) is 23.1. The van der Waals surface area contributed by atoms with E-state index in [1.807, 2.05) is 0 Å². The van der Waals surface area contributed by atoms with Gasteiger partial charge in [0.05, 0.1) is 31.4 Å². The number of fused-ring (bicyclic) bond motifs is 1. The van der Waals surface area contributed by atoms with Crippen molar-refractivity contribution in [1.82, 2.24) is 4.98 Å². The van der Waals surface area contributed by atoms with E-state index in [0.29, 0.717) is 38.7 Å². The molecule has 2 heterocycles. The Morgan fingerprint density at radius 2 is 1.67 bits per heavy atom. The summed E-state index contributed by atoms with van der Waals surface area (Å²) in [5.41, 5.74) is 8.13. The van der Waals surface area contributed by atoms with Gasteiger partial charge in [0, 0.05) is 22.5 Å². The number of carbonyl (C=O) groups is 1. The molecule has 6 rings (SSSR count). The second-order valence-corrected chi connectivity index (χ2v) is 14.6. The first-order valence-corrected chi connectivity index (χ1v) is 17.9. The Morgan fingerprint density at radius 3 is 2.31 bits per heavy atom. The van der Waals surface area contributed by atoms with Crippen LogP contribution in [0, 0.1) is 6.92 Å². The van der Waals surface area contributed by atoms with Gasteiger partial charge in [-0.2, -0.15) is 15.3 Å². The Kier molecular flexibility index (Phi) is 12.6. The van der Waals surface area contributed by atoms with Gasteiger partial charge in [0.2, 0.25) is 0 Å². The van der Waals surface area contributed by atoms with Gasteiger partial charge in [-0.3, -0.25) is 4.79 Å². The number of nitrogens with two attached hydrogens (primary N) is 1. The van der Waals surface area contributed by atoms with Crippen molar-refractivity contribution in [1.29, 1.82) is 0 Å². The van der Waals surface area contributed by atoms with Crippen LogP contribution in [0.3, 0.4) is 0 Å². The molecule has 4 aromatic carbocycles. The SMILES string of the molecule is CC1=NN(c2ccc(-c3nc4ccc(C)c(S(=O)(=O)[O-])c4s3)cc2)C(O)C1N=Nc1ccc(NC(=O)c2cccc(N)c2)cc1S(=O)(=O)[O-].[Na+].[Na+]. The number of nitrogens with zero attached hydrogens (tertiary/aromatic N) is 5. The number of rotatable bonds is 8. The molecular weight excluding hydrogens is 741 g/mol. The molecule has 0 fully saturated rings. The summed E-state index contributed by atoms with van der Waals surface area (Å²) >= 11 is 1.07. The van der Waals surface area contributed by atoms with Crippen molar-refractivity contribution in [2.24, 2.45) is 15.3 Å². The fourth-order valence-corrected chi connectivity index (χ4v) is 8.06. The van der Waals surface area contributed by atoms with Gasteiger partial charge in [-0.15, -0.1) is 11.3 Å². The molecule has 0 aliphatic carbocycles. The molecule has 4 N–H and O–H groups in total. The summed E-state index contributed by atoms with van der Waals surface area (Å²) < 4.78 is 72.3. The Labute approximate surface area is 340 Å². The number of aryl methyl sites for hydroxylation is 1. The molecule has 0 radical (unpaired) electrons. The van der Waals surface area contributed by atoms with Gasteiger partial charge in [-0.1, -0.05) is 12.1 Å². The minimum Gasteiger partial charge on any atom is -0.744 e. The molecule has 252 valence electrons. The molecule has 0 saturated heterocycles. The number of aromatic nitrogens is 1. The van der Waals surface area contributed by atoms with Gasteiger partial charge in [0.1, 0.15) is 30.9 Å². The van der Waals surface area contributed by atoms with Crippen LogP contribution in [-0.2, 0) is 20.2 Å². The Hall–Kier alpha value is -3.11. The third kappa shape index (κ3) is 8.75. The molecule has 2 unspecified atom stereocenters. The van der Waals surface area contributed by atoms with E-state index in [2.05, 4.69) is 25.6 Å². The second kappa shape index (κ2) is 15.9. The van der Waals surface area contributed by atoms with Crippen LogP contribution in [0.15, 0.2) is 104 Å². The molecule has 0 bridgehead atoms. The molecule has 1 aliphatic heterocycles. The number of azo groups is 1. The quantitative estimate of drug-likeness (QED) is 0.0717. The molecule has 1 aliphatic rings. The van der Waals surface area contributed by atoms with Gasteiger partial charge >= 0.3 is 59.1 Å². The maximum atomic E-state index is 12.6. The van der Waals surface area contributed by atoms with Crippen LogP contribution >= 0.6 is 11.3 Å². The maximum Gasteiger partial charge on any atom is 1.00 e. The zero-order valence-corrected chi connectivity index (χ0v) is 34.0. The topological polar surface area (TPSA) is 243 Å². The van der Waals surface area contributed by atoms with Crippen LogP contribution in [-0.4, -0.2) is 59.9 Å². The number of amides is 1. The summed E-state index contributed by atoms with van der Waals surface area (Å²) in [6.45, 7) is 3.13. The standard InChI is InChI=1S/C31H27N7O8S3.2Na/c1-16-6-12-24-27(28(16)49(44,45)46)47-30(34-24)18-7-10-22(11-8-18)38-31(40)26(17(2)37-38)36-35-23-13-9-21(15-25(23)48(41,42)43)33-29(39)19-4-3-5-20(32)14-19;;/h3-15,26,31,40H,32H2,1-2H3,(H,33,39)(H,41,42,43)(H,44,45,46);;/q;2*+1/p-2. The zero-order chi connectivity index (χ0) is 35.2. The minimum atomic E-state index is -5.07. The number of hydrogen-bond donors (Lipinski definition) is 3. The van der Waals surface area contributed by atoms with E-state index < -0.39 is 43.3 Å². The minimum absolute atomic E-state index is 0. The molecule has 2 atom stereocenters. The maximum absolute atomic E-state index is 12.6. The van der Waals surface area contributed by atoms with Gasteiger partial charge in [0.15, 0.2) is 12.3 Å². The smallest absolute Gasteiger partial charge is 0.744 e. The van der Waals surface area contributed by atoms with Crippen LogP contribution in [0.25, 0.3) is 20.8 Å². The third-order valence-corrected chi connectivity index (χ3v) is 10.6. The molecular formula is C31H25N7Na2O8S3. The van der Waals surface area contributed by atoms with Crippen LogP contribution in [0.5, 0.6) is 0 Å². The molecule has 0 spiro atoms. The van der Waals surface area contributed by atoms with Gasteiger partial charge in [-0.05, 0) is 86.1 Å². The van der Waals surface area contributed by atoms with Crippen LogP contribution in [0.1, 0.15) is 22.8 Å². The number of anilines is 3. The monoisotopic (exact) mass is 765 g/mol. The van der Waals surface area contributed by atoms with Crippen molar-refractivity contribution in [2.75, 3.05) is 16.1 Å². The molecule has 51 heavy (non-hydrogen) atoms. The number of thiazole rings is 1. The van der Waals surface area contributed by atoms with Gasteiger partial charge < -0.3 is 25.3 Å². The number of hydrazone groups is 1. The zero-order valence-electron chi connectivity index (χ0n) is 27.5. The molecule has 5 aromatic rings.